The first kappa shape index (κ1) is 15.6. The van der Waals surface area contributed by atoms with Gasteiger partial charge in [-0.1, -0.05) is 0 Å². The fourth-order valence-corrected chi connectivity index (χ4v) is 1.69. The van der Waals surface area contributed by atoms with Crippen molar-refractivity contribution in [3.63, 3.8) is 0 Å². The average molecular weight is 312 g/mol. The number of rotatable bonds is 4. The van der Waals surface area contributed by atoms with Gasteiger partial charge in [-0.25, -0.2) is 13.2 Å². The fraction of sp³-hybridized carbons (Fsp3) is 0.143. The summed E-state index contributed by atoms with van der Waals surface area (Å²) in [4.78, 5) is 24.6. The van der Waals surface area contributed by atoms with E-state index in [1.165, 1.54) is 25.4 Å². The Kier molecular flexibility index (Phi) is 4.50. The summed E-state index contributed by atoms with van der Waals surface area (Å²) in [6, 6.07) is 4.51. The highest BCUT2D eigenvalue weighted by Crippen LogP contribution is 2.19. The maximum Gasteiger partial charge on any atom is 0.289 e. The predicted molar refractivity (Wildman–Crippen MR) is 70.6 cm³/mol. The van der Waals surface area contributed by atoms with Crippen LogP contribution in [0.15, 0.2) is 34.9 Å². The zero-order valence-corrected chi connectivity index (χ0v) is 11.4. The third-order valence-corrected chi connectivity index (χ3v) is 2.77. The van der Waals surface area contributed by atoms with E-state index >= 15 is 0 Å². The highest BCUT2D eigenvalue weighted by Gasteiger charge is 2.19. The lowest BCUT2D eigenvalue weighted by Crippen LogP contribution is -2.34. The number of amides is 2. The van der Waals surface area contributed by atoms with Crippen LogP contribution in [0.1, 0.15) is 10.6 Å². The molecule has 0 atom stereocenters. The minimum Gasteiger partial charge on any atom is -0.459 e. The van der Waals surface area contributed by atoms with Gasteiger partial charge in [0.05, 0.1) is 18.5 Å². The number of benzene rings is 1. The van der Waals surface area contributed by atoms with Crippen molar-refractivity contribution < 1.29 is 27.2 Å². The van der Waals surface area contributed by atoms with Crippen LogP contribution in [0.4, 0.5) is 18.9 Å². The Morgan fingerprint density at radius 1 is 1.18 bits per heavy atom. The molecule has 0 aliphatic rings. The second kappa shape index (κ2) is 6.33. The summed E-state index contributed by atoms with van der Waals surface area (Å²) in [7, 11) is 1.34. The lowest BCUT2D eigenvalue weighted by molar-refractivity contribution is -0.116. The molecule has 8 heteroatoms. The zero-order chi connectivity index (χ0) is 16.3. The number of hydrogen-bond donors (Lipinski definition) is 1. The minimum atomic E-state index is -1.68. The number of nitrogens with one attached hydrogen (secondary N) is 1. The van der Waals surface area contributed by atoms with Gasteiger partial charge in [0.1, 0.15) is 0 Å². The Morgan fingerprint density at radius 3 is 2.55 bits per heavy atom. The molecule has 5 nitrogen and oxygen atoms in total. The minimum absolute atomic E-state index is 0.0364. The Balaban J connectivity index is 2.01. The van der Waals surface area contributed by atoms with Crippen LogP contribution < -0.4 is 5.32 Å². The summed E-state index contributed by atoms with van der Waals surface area (Å²) in [5.41, 5.74) is -0.511. The monoisotopic (exact) mass is 312 g/mol. The molecule has 116 valence electrons. The highest BCUT2D eigenvalue weighted by atomic mass is 19.2. The van der Waals surface area contributed by atoms with E-state index < -0.39 is 41.5 Å². The van der Waals surface area contributed by atoms with Crippen LogP contribution >= 0.6 is 0 Å². The van der Waals surface area contributed by atoms with Crippen molar-refractivity contribution in [2.45, 2.75) is 0 Å². The summed E-state index contributed by atoms with van der Waals surface area (Å²) >= 11 is 0. The Hall–Kier alpha value is -2.77. The number of carbonyl (C=O) groups excluding carboxylic acids is 2. The van der Waals surface area contributed by atoms with Crippen LogP contribution in [0.25, 0.3) is 0 Å². The molecule has 2 aromatic rings. The number of carbonyl (C=O) groups is 2. The molecule has 1 N–H and O–H groups in total. The molecule has 1 aromatic heterocycles. The number of anilines is 1. The number of hydrogen-bond acceptors (Lipinski definition) is 3. The van der Waals surface area contributed by atoms with Crippen molar-refractivity contribution in [3.8, 4) is 0 Å². The summed E-state index contributed by atoms with van der Waals surface area (Å²) in [6.45, 7) is -0.419. The Morgan fingerprint density at radius 2 is 1.91 bits per heavy atom. The van der Waals surface area contributed by atoms with Crippen LogP contribution in [0, 0.1) is 17.5 Å². The molecule has 0 radical (unpaired) electrons. The SMILES string of the molecule is CN(CC(=O)Nc1ccc(F)c(F)c1F)C(=O)c1ccco1. The van der Waals surface area contributed by atoms with Crippen LogP contribution in [0.5, 0.6) is 0 Å². The molecule has 0 fully saturated rings. The number of likely N-dealkylation sites (N-methyl/N-ethyl adjacent to an activating group) is 1. The third-order valence-electron chi connectivity index (χ3n) is 2.77. The lowest BCUT2D eigenvalue weighted by atomic mass is 10.2. The molecule has 0 aliphatic carbocycles. The van der Waals surface area contributed by atoms with Gasteiger partial charge in [0.15, 0.2) is 23.2 Å². The lowest BCUT2D eigenvalue weighted by Gasteiger charge is -2.15. The average Bonchev–Trinajstić information content (AvgIpc) is 3.01. The first-order chi connectivity index (χ1) is 10.4. The van der Waals surface area contributed by atoms with E-state index in [0.717, 1.165) is 11.0 Å². The molecule has 0 bridgehead atoms. The predicted octanol–water partition coefficient (Wildman–Crippen LogP) is 2.41. The van der Waals surface area contributed by atoms with Crippen molar-refractivity contribution in [2.75, 3.05) is 18.9 Å². The smallest absolute Gasteiger partial charge is 0.289 e. The number of furan rings is 1. The van der Waals surface area contributed by atoms with Gasteiger partial charge < -0.3 is 14.6 Å². The van der Waals surface area contributed by atoms with Crippen molar-refractivity contribution in [1.29, 1.82) is 0 Å². The Labute approximate surface area is 123 Å². The van der Waals surface area contributed by atoms with Crippen LogP contribution in [0.3, 0.4) is 0 Å². The zero-order valence-electron chi connectivity index (χ0n) is 11.4. The van der Waals surface area contributed by atoms with Crippen molar-refractivity contribution >= 4 is 17.5 Å². The second-order valence-corrected chi connectivity index (χ2v) is 4.41. The molecule has 1 aromatic carbocycles. The molecule has 1 heterocycles. The molecule has 2 amide bonds. The van der Waals surface area contributed by atoms with Crippen LogP contribution in [-0.2, 0) is 4.79 Å². The molecule has 0 aliphatic heterocycles. The van der Waals surface area contributed by atoms with Crippen molar-refractivity contribution in [1.82, 2.24) is 4.90 Å². The number of halogens is 3. The highest BCUT2D eigenvalue weighted by molar-refractivity contribution is 5.97. The molecule has 22 heavy (non-hydrogen) atoms. The van der Waals surface area contributed by atoms with Gasteiger partial charge in [-0.15, -0.1) is 0 Å². The van der Waals surface area contributed by atoms with Gasteiger partial charge in [0.25, 0.3) is 5.91 Å². The maximum absolute atomic E-state index is 13.4. The van der Waals surface area contributed by atoms with Crippen LogP contribution in [-0.4, -0.2) is 30.3 Å². The first-order valence-electron chi connectivity index (χ1n) is 6.12. The summed E-state index contributed by atoms with van der Waals surface area (Å²) in [6.07, 6.45) is 1.30. The van der Waals surface area contributed by atoms with E-state index in [1.54, 1.807) is 0 Å². The summed E-state index contributed by atoms with van der Waals surface area (Å²) in [5.74, 6) is -5.83. The first-order valence-corrected chi connectivity index (χ1v) is 6.12. The second-order valence-electron chi connectivity index (χ2n) is 4.41. The van der Waals surface area contributed by atoms with Gasteiger partial charge >= 0.3 is 0 Å². The van der Waals surface area contributed by atoms with Crippen LogP contribution in [0.2, 0.25) is 0 Å². The van der Waals surface area contributed by atoms with E-state index in [9.17, 15) is 22.8 Å². The maximum atomic E-state index is 13.4. The Bertz CT molecular complexity index is 702. The summed E-state index contributed by atoms with van der Waals surface area (Å²) in [5, 5.41) is 2.06. The van der Waals surface area contributed by atoms with Crippen molar-refractivity contribution in [3.05, 3.63) is 53.7 Å². The standard InChI is InChI=1S/C14H11F3N2O3/c1-19(14(21)10-3-2-6-22-10)7-11(20)18-9-5-4-8(15)12(16)13(9)17/h2-6H,7H2,1H3,(H,18,20). The quantitative estimate of drug-likeness (QED) is 0.882. The fourth-order valence-electron chi connectivity index (χ4n) is 1.69. The van der Waals surface area contributed by atoms with E-state index in [4.69, 9.17) is 4.42 Å². The molecule has 0 saturated carbocycles. The third kappa shape index (κ3) is 3.27. The molecule has 0 unspecified atom stereocenters. The summed E-state index contributed by atoms with van der Waals surface area (Å²) < 4.78 is 44.1. The van der Waals surface area contributed by atoms with Gasteiger partial charge in [-0.2, -0.15) is 0 Å². The molecule has 2 rings (SSSR count). The number of nitrogens with zero attached hydrogens (tertiary/aromatic N) is 1. The molecule has 0 spiro atoms. The van der Waals surface area contributed by atoms with E-state index in [0.29, 0.717) is 6.07 Å². The molecular formula is C14H11F3N2O3. The van der Waals surface area contributed by atoms with E-state index in [1.807, 2.05) is 0 Å². The van der Waals surface area contributed by atoms with Gasteiger partial charge in [0, 0.05) is 7.05 Å². The normalized spacial score (nSPS) is 10.4. The van der Waals surface area contributed by atoms with Gasteiger partial charge in [0.2, 0.25) is 5.91 Å². The molecular weight excluding hydrogens is 301 g/mol. The molecule has 0 saturated heterocycles. The van der Waals surface area contributed by atoms with Gasteiger partial charge in [-0.3, -0.25) is 9.59 Å². The van der Waals surface area contributed by atoms with E-state index in [-0.39, 0.29) is 5.76 Å². The van der Waals surface area contributed by atoms with Crippen molar-refractivity contribution in [2.24, 2.45) is 0 Å². The largest absolute Gasteiger partial charge is 0.459 e. The van der Waals surface area contributed by atoms with E-state index in [2.05, 4.69) is 5.32 Å². The topological polar surface area (TPSA) is 62.6 Å². The van der Waals surface area contributed by atoms with Gasteiger partial charge in [-0.05, 0) is 24.3 Å².